The average molecular weight is 172 g/mol. The van der Waals surface area contributed by atoms with Gasteiger partial charge in [-0.05, 0) is 32.6 Å². The van der Waals surface area contributed by atoms with Gasteiger partial charge in [-0.2, -0.15) is 0 Å². The van der Waals surface area contributed by atoms with Crippen LogP contribution in [0.3, 0.4) is 0 Å². The molecule has 1 fully saturated rings. The maximum Gasteiger partial charge on any atom is 0.156 e. The van der Waals surface area contributed by atoms with E-state index >= 15 is 0 Å². The van der Waals surface area contributed by atoms with E-state index in [-0.39, 0.29) is 0 Å². The molecule has 0 heterocycles. The molecule has 0 spiro atoms. The SMILES string of the molecule is C=CC1CCCC1.CC(C)(O)O. The molecule has 2 heteroatoms. The van der Waals surface area contributed by atoms with Crippen molar-refractivity contribution >= 4 is 0 Å². The fraction of sp³-hybridized carbons (Fsp3) is 0.800. The lowest BCUT2D eigenvalue weighted by molar-refractivity contribution is -0.127. The highest BCUT2D eigenvalue weighted by Gasteiger charge is 2.09. The van der Waals surface area contributed by atoms with Gasteiger partial charge in [0.25, 0.3) is 0 Å². The zero-order valence-electron chi connectivity index (χ0n) is 8.08. The molecule has 0 bridgehead atoms. The van der Waals surface area contributed by atoms with Crippen molar-refractivity contribution in [2.75, 3.05) is 0 Å². The summed E-state index contributed by atoms with van der Waals surface area (Å²) in [5.74, 6) is -0.639. The van der Waals surface area contributed by atoms with E-state index < -0.39 is 5.79 Å². The van der Waals surface area contributed by atoms with E-state index in [0.29, 0.717) is 0 Å². The molecule has 0 amide bonds. The summed E-state index contributed by atoms with van der Waals surface area (Å²) in [6.45, 7) is 6.34. The molecule has 12 heavy (non-hydrogen) atoms. The van der Waals surface area contributed by atoms with E-state index in [4.69, 9.17) is 10.2 Å². The Balaban J connectivity index is 0.000000217. The molecule has 1 rings (SSSR count). The number of hydrogen-bond donors (Lipinski definition) is 2. The second-order valence-corrected chi connectivity index (χ2v) is 3.77. The molecule has 0 atom stereocenters. The fourth-order valence-electron chi connectivity index (χ4n) is 1.19. The summed E-state index contributed by atoms with van der Waals surface area (Å²) in [6, 6.07) is 0. The first-order valence-electron chi connectivity index (χ1n) is 4.51. The minimum absolute atomic E-state index is 0.861. The van der Waals surface area contributed by atoms with Crippen LogP contribution in [0.5, 0.6) is 0 Å². The van der Waals surface area contributed by atoms with E-state index in [9.17, 15) is 0 Å². The smallest absolute Gasteiger partial charge is 0.156 e. The Kier molecular flexibility index (Phi) is 5.18. The van der Waals surface area contributed by atoms with Gasteiger partial charge >= 0.3 is 0 Å². The summed E-state index contributed by atoms with van der Waals surface area (Å²) in [7, 11) is 0. The Morgan fingerprint density at radius 1 is 1.25 bits per heavy atom. The molecule has 1 aliphatic carbocycles. The molecule has 1 aliphatic rings. The minimum Gasteiger partial charge on any atom is -0.366 e. The van der Waals surface area contributed by atoms with Gasteiger partial charge in [-0.15, -0.1) is 6.58 Å². The normalized spacial score (nSPS) is 18.3. The van der Waals surface area contributed by atoms with Crippen LogP contribution in [0.15, 0.2) is 12.7 Å². The van der Waals surface area contributed by atoms with Gasteiger partial charge in [-0.3, -0.25) is 0 Å². The Hall–Kier alpha value is -0.340. The molecule has 0 unspecified atom stereocenters. The highest BCUT2D eigenvalue weighted by Crippen LogP contribution is 2.24. The topological polar surface area (TPSA) is 40.5 Å². The van der Waals surface area contributed by atoms with Gasteiger partial charge in [-0.1, -0.05) is 18.9 Å². The summed E-state index contributed by atoms with van der Waals surface area (Å²) >= 11 is 0. The average Bonchev–Trinajstić information content (AvgIpc) is 2.33. The van der Waals surface area contributed by atoms with Crippen molar-refractivity contribution in [3.8, 4) is 0 Å². The van der Waals surface area contributed by atoms with Gasteiger partial charge in [-0.25, -0.2) is 0 Å². The molecule has 0 aromatic heterocycles. The van der Waals surface area contributed by atoms with Crippen LogP contribution >= 0.6 is 0 Å². The molecule has 0 aromatic carbocycles. The molecule has 72 valence electrons. The zero-order chi connectivity index (χ0) is 9.61. The van der Waals surface area contributed by atoms with E-state index in [0.717, 1.165) is 5.92 Å². The van der Waals surface area contributed by atoms with Crippen LogP contribution in [0.2, 0.25) is 0 Å². The Morgan fingerprint density at radius 2 is 1.58 bits per heavy atom. The first-order valence-corrected chi connectivity index (χ1v) is 4.51. The predicted octanol–water partition coefficient (Wildman–Crippen LogP) is 2.07. The van der Waals surface area contributed by atoms with E-state index in [1.54, 1.807) is 0 Å². The van der Waals surface area contributed by atoms with Gasteiger partial charge in [0.05, 0.1) is 0 Å². The van der Waals surface area contributed by atoms with Gasteiger partial charge < -0.3 is 10.2 Å². The Labute approximate surface area is 74.9 Å². The third kappa shape index (κ3) is 9.66. The second kappa shape index (κ2) is 5.33. The third-order valence-electron chi connectivity index (χ3n) is 1.73. The molecular formula is C10H20O2. The maximum atomic E-state index is 8.08. The highest BCUT2D eigenvalue weighted by molar-refractivity contribution is 4.82. The van der Waals surface area contributed by atoms with Crippen LogP contribution < -0.4 is 0 Å². The maximum absolute atomic E-state index is 8.08. The van der Waals surface area contributed by atoms with Crippen LogP contribution in [0, 0.1) is 5.92 Å². The third-order valence-corrected chi connectivity index (χ3v) is 1.73. The van der Waals surface area contributed by atoms with Crippen molar-refractivity contribution in [1.29, 1.82) is 0 Å². The lowest BCUT2D eigenvalue weighted by atomic mass is 10.1. The van der Waals surface area contributed by atoms with Crippen molar-refractivity contribution in [1.82, 2.24) is 0 Å². The van der Waals surface area contributed by atoms with Gasteiger partial charge in [0.2, 0.25) is 0 Å². The lowest BCUT2D eigenvalue weighted by Gasteiger charge is -2.03. The molecule has 0 aliphatic heterocycles. The number of allylic oxidation sites excluding steroid dienone is 1. The molecule has 0 aromatic rings. The van der Waals surface area contributed by atoms with Crippen LogP contribution in [-0.2, 0) is 0 Å². The van der Waals surface area contributed by atoms with Gasteiger partial charge in [0, 0.05) is 0 Å². The molecule has 0 saturated heterocycles. The number of aliphatic hydroxyl groups is 2. The summed E-state index contributed by atoms with van der Waals surface area (Å²) in [5, 5.41) is 16.2. The van der Waals surface area contributed by atoms with Crippen molar-refractivity contribution in [3.05, 3.63) is 12.7 Å². The standard InChI is InChI=1S/C7H12.C3H8O2/c1-2-7-5-3-4-6-7;1-3(2,4)5/h2,7H,1,3-6H2;4-5H,1-2H3. The molecule has 2 N–H and O–H groups in total. The summed E-state index contributed by atoms with van der Waals surface area (Å²) in [4.78, 5) is 0. The molecular weight excluding hydrogens is 152 g/mol. The van der Waals surface area contributed by atoms with Gasteiger partial charge in [0.15, 0.2) is 5.79 Å². The van der Waals surface area contributed by atoms with E-state index in [1.807, 2.05) is 0 Å². The Morgan fingerprint density at radius 3 is 1.75 bits per heavy atom. The number of hydrogen-bond acceptors (Lipinski definition) is 2. The van der Waals surface area contributed by atoms with Crippen molar-refractivity contribution < 1.29 is 10.2 Å². The quantitative estimate of drug-likeness (QED) is 0.469. The van der Waals surface area contributed by atoms with Crippen LogP contribution in [0.4, 0.5) is 0 Å². The highest BCUT2D eigenvalue weighted by atomic mass is 16.5. The Bertz CT molecular complexity index is 112. The summed E-state index contributed by atoms with van der Waals surface area (Å²) in [6.07, 6.45) is 7.73. The first-order chi connectivity index (χ1) is 5.43. The molecule has 2 nitrogen and oxygen atoms in total. The fourth-order valence-corrected chi connectivity index (χ4v) is 1.19. The van der Waals surface area contributed by atoms with E-state index in [1.165, 1.54) is 39.5 Å². The van der Waals surface area contributed by atoms with Gasteiger partial charge in [0.1, 0.15) is 0 Å². The van der Waals surface area contributed by atoms with Crippen LogP contribution in [0.25, 0.3) is 0 Å². The summed E-state index contributed by atoms with van der Waals surface area (Å²) in [5.41, 5.74) is 0. The first kappa shape index (κ1) is 11.7. The minimum atomic E-state index is -1.50. The van der Waals surface area contributed by atoms with Crippen LogP contribution in [0.1, 0.15) is 39.5 Å². The number of rotatable bonds is 1. The van der Waals surface area contributed by atoms with Crippen LogP contribution in [-0.4, -0.2) is 16.0 Å². The largest absolute Gasteiger partial charge is 0.366 e. The summed E-state index contributed by atoms with van der Waals surface area (Å²) < 4.78 is 0. The van der Waals surface area contributed by atoms with Crippen molar-refractivity contribution in [2.45, 2.75) is 45.3 Å². The second-order valence-electron chi connectivity index (χ2n) is 3.77. The molecule has 1 saturated carbocycles. The molecule has 0 radical (unpaired) electrons. The lowest BCUT2D eigenvalue weighted by Crippen LogP contribution is -2.15. The zero-order valence-corrected chi connectivity index (χ0v) is 8.08. The van der Waals surface area contributed by atoms with Crippen molar-refractivity contribution in [3.63, 3.8) is 0 Å². The van der Waals surface area contributed by atoms with Crippen molar-refractivity contribution in [2.24, 2.45) is 5.92 Å². The van der Waals surface area contributed by atoms with E-state index in [2.05, 4.69) is 12.7 Å². The predicted molar refractivity (Wildman–Crippen MR) is 50.7 cm³/mol. The monoisotopic (exact) mass is 172 g/mol.